The highest BCUT2D eigenvalue weighted by Gasteiger charge is 2.17. The summed E-state index contributed by atoms with van der Waals surface area (Å²) in [7, 11) is 1.63. The number of carbonyl (C=O) groups is 2. The summed E-state index contributed by atoms with van der Waals surface area (Å²) in [5.74, 6) is -1.84. The van der Waals surface area contributed by atoms with Crippen molar-refractivity contribution in [3.05, 3.63) is 64.2 Å². The molecule has 0 saturated heterocycles. The second-order valence-corrected chi connectivity index (χ2v) is 6.68. The fraction of sp³-hybridized carbons (Fsp3) is 0.318. The maximum Gasteiger partial charge on any atom is 0.349 e. The van der Waals surface area contributed by atoms with Gasteiger partial charge in [0.25, 0.3) is 0 Å². The molecule has 1 atom stereocenters. The summed E-state index contributed by atoms with van der Waals surface area (Å²) in [6.45, 7) is 5.83. The zero-order valence-electron chi connectivity index (χ0n) is 16.9. The molecule has 2 aromatic rings. The number of hydrogen-bond acceptors (Lipinski definition) is 5. The summed E-state index contributed by atoms with van der Waals surface area (Å²) in [6.07, 6.45) is 1.45. The van der Waals surface area contributed by atoms with E-state index < -0.39 is 24.2 Å². The zero-order valence-corrected chi connectivity index (χ0v) is 16.9. The van der Waals surface area contributed by atoms with Crippen LogP contribution in [-0.2, 0) is 14.3 Å². The second-order valence-electron chi connectivity index (χ2n) is 6.68. The first-order chi connectivity index (χ1) is 13.8. The van der Waals surface area contributed by atoms with Gasteiger partial charge in [-0.25, -0.2) is 9.18 Å². The van der Waals surface area contributed by atoms with Crippen LogP contribution in [0.1, 0.15) is 40.3 Å². The van der Waals surface area contributed by atoms with Crippen molar-refractivity contribution >= 4 is 17.8 Å². The molecule has 0 saturated carbocycles. The van der Waals surface area contributed by atoms with E-state index in [0.29, 0.717) is 12.2 Å². The molecule has 29 heavy (non-hydrogen) atoms. The Morgan fingerprint density at radius 2 is 1.93 bits per heavy atom. The number of aryl methyl sites for hydroxylation is 1. The van der Waals surface area contributed by atoms with Crippen LogP contribution in [-0.4, -0.2) is 36.6 Å². The number of ketones is 1. The highest BCUT2D eigenvalue weighted by Crippen LogP contribution is 2.23. The minimum absolute atomic E-state index is 0.0907. The minimum atomic E-state index is -0.891. The van der Waals surface area contributed by atoms with Crippen LogP contribution in [0.5, 0.6) is 0 Å². The van der Waals surface area contributed by atoms with Crippen molar-refractivity contribution in [2.45, 2.75) is 26.8 Å². The van der Waals surface area contributed by atoms with Crippen molar-refractivity contribution in [2.75, 3.05) is 20.3 Å². The molecule has 7 heteroatoms. The molecule has 6 nitrogen and oxygen atoms in total. The van der Waals surface area contributed by atoms with Crippen molar-refractivity contribution in [1.29, 1.82) is 5.26 Å². The number of nitriles is 1. The third-order valence-corrected chi connectivity index (χ3v) is 4.51. The Kier molecular flexibility index (Phi) is 7.46. The van der Waals surface area contributed by atoms with Gasteiger partial charge in [-0.3, -0.25) is 4.79 Å². The van der Waals surface area contributed by atoms with Gasteiger partial charge in [0, 0.05) is 24.1 Å². The molecule has 0 aliphatic heterocycles. The van der Waals surface area contributed by atoms with Crippen LogP contribution in [0, 0.1) is 31.0 Å². The van der Waals surface area contributed by atoms with Gasteiger partial charge in [-0.2, -0.15) is 5.26 Å². The van der Waals surface area contributed by atoms with Crippen molar-refractivity contribution in [3.8, 4) is 6.07 Å². The van der Waals surface area contributed by atoms with Crippen LogP contribution in [0.4, 0.5) is 4.39 Å². The number of esters is 1. The third kappa shape index (κ3) is 5.39. The van der Waals surface area contributed by atoms with E-state index in [0.717, 1.165) is 23.5 Å². The van der Waals surface area contributed by atoms with Gasteiger partial charge >= 0.3 is 5.97 Å². The molecular formula is C22H23FN2O4. The largest absolute Gasteiger partial charge is 0.453 e. The smallest absolute Gasteiger partial charge is 0.349 e. The van der Waals surface area contributed by atoms with Gasteiger partial charge in [0.15, 0.2) is 12.4 Å². The average Bonchev–Trinajstić information content (AvgIpc) is 2.97. The van der Waals surface area contributed by atoms with E-state index in [-0.39, 0.29) is 17.2 Å². The lowest BCUT2D eigenvalue weighted by atomic mass is 10.1. The fourth-order valence-electron chi connectivity index (χ4n) is 3.16. The second kappa shape index (κ2) is 9.80. The zero-order chi connectivity index (χ0) is 21.6. The first kappa shape index (κ1) is 22.1. The van der Waals surface area contributed by atoms with Crippen LogP contribution in [0.2, 0.25) is 0 Å². The highest BCUT2D eigenvalue weighted by atomic mass is 19.1. The van der Waals surface area contributed by atoms with E-state index in [2.05, 4.69) is 4.57 Å². The lowest BCUT2D eigenvalue weighted by Crippen LogP contribution is -2.15. The minimum Gasteiger partial charge on any atom is -0.453 e. The van der Waals surface area contributed by atoms with E-state index in [1.807, 2.05) is 32.9 Å². The predicted octanol–water partition coefficient (Wildman–Crippen LogP) is 3.78. The number of rotatable bonds is 8. The molecule has 0 aliphatic rings. The molecule has 0 bridgehead atoms. The maximum atomic E-state index is 12.9. The Bertz CT molecular complexity index is 968. The number of nitrogens with zero attached hydrogens (tertiary/aromatic N) is 2. The van der Waals surface area contributed by atoms with Gasteiger partial charge in [-0.15, -0.1) is 0 Å². The summed E-state index contributed by atoms with van der Waals surface area (Å²) in [4.78, 5) is 24.3. The number of halogens is 1. The van der Waals surface area contributed by atoms with Gasteiger partial charge in [0.1, 0.15) is 17.5 Å². The molecule has 0 spiro atoms. The van der Waals surface area contributed by atoms with Gasteiger partial charge in [-0.05, 0) is 62.7 Å². The van der Waals surface area contributed by atoms with E-state index in [9.17, 15) is 19.2 Å². The molecule has 0 amide bonds. The SMILES string of the molecule is COC[C@@H](C)n1c(C)cc(/C=C(\C#N)C(=O)OCC(=O)c2ccc(F)cc2)c1C. The van der Waals surface area contributed by atoms with Crippen molar-refractivity contribution in [1.82, 2.24) is 4.57 Å². The molecule has 1 aromatic carbocycles. The van der Waals surface area contributed by atoms with Crippen LogP contribution in [0.25, 0.3) is 6.08 Å². The molecule has 0 unspecified atom stereocenters. The number of methoxy groups -OCH3 is 1. The van der Waals surface area contributed by atoms with Gasteiger partial charge in [0.2, 0.25) is 0 Å². The fourth-order valence-corrected chi connectivity index (χ4v) is 3.16. The van der Waals surface area contributed by atoms with E-state index in [4.69, 9.17) is 9.47 Å². The lowest BCUT2D eigenvalue weighted by molar-refractivity contribution is -0.137. The van der Waals surface area contributed by atoms with Crippen LogP contribution in [0.15, 0.2) is 35.9 Å². The quantitative estimate of drug-likeness (QED) is 0.293. The van der Waals surface area contributed by atoms with Crippen LogP contribution < -0.4 is 0 Å². The van der Waals surface area contributed by atoms with E-state index in [1.165, 1.54) is 18.2 Å². The molecule has 152 valence electrons. The normalized spacial score (nSPS) is 12.3. The van der Waals surface area contributed by atoms with Crippen molar-refractivity contribution in [3.63, 3.8) is 0 Å². The molecule has 0 aliphatic carbocycles. The van der Waals surface area contributed by atoms with E-state index in [1.54, 1.807) is 7.11 Å². The van der Waals surface area contributed by atoms with Gasteiger partial charge in [0.05, 0.1) is 12.6 Å². The van der Waals surface area contributed by atoms with E-state index >= 15 is 0 Å². The molecule has 0 radical (unpaired) electrons. The highest BCUT2D eigenvalue weighted by molar-refractivity contribution is 6.01. The molecule has 0 fully saturated rings. The number of hydrogen-bond donors (Lipinski definition) is 0. The lowest BCUT2D eigenvalue weighted by Gasteiger charge is -2.17. The molecule has 2 rings (SSSR count). The third-order valence-electron chi connectivity index (χ3n) is 4.51. The Morgan fingerprint density at radius 1 is 1.28 bits per heavy atom. The standard InChI is InChI=1S/C22H23FN2O4/c1-14-9-18(16(3)25(14)15(2)12-28-4)10-19(11-24)22(27)29-13-21(26)17-5-7-20(23)8-6-17/h5-10,15H,12-13H2,1-4H3/b19-10+/t15-/m1/s1. The molecular weight excluding hydrogens is 375 g/mol. The number of benzene rings is 1. The summed E-state index contributed by atoms with van der Waals surface area (Å²) in [5, 5.41) is 9.36. The number of aromatic nitrogens is 1. The summed E-state index contributed by atoms with van der Waals surface area (Å²) >= 11 is 0. The Morgan fingerprint density at radius 3 is 2.52 bits per heavy atom. The maximum absolute atomic E-state index is 12.9. The van der Waals surface area contributed by atoms with Crippen molar-refractivity contribution in [2.24, 2.45) is 0 Å². The first-order valence-corrected chi connectivity index (χ1v) is 9.03. The topological polar surface area (TPSA) is 81.3 Å². The average molecular weight is 398 g/mol. The van der Waals surface area contributed by atoms with Crippen molar-refractivity contribution < 1.29 is 23.5 Å². The van der Waals surface area contributed by atoms with Crippen LogP contribution >= 0.6 is 0 Å². The predicted molar refractivity (Wildman–Crippen MR) is 106 cm³/mol. The Labute approximate surface area is 169 Å². The van der Waals surface area contributed by atoms with Gasteiger partial charge < -0.3 is 14.0 Å². The Hall–Kier alpha value is -3.24. The molecule has 0 N–H and O–H groups in total. The van der Waals surface area contributed by atoms with Gasteiger partial charge in [-0.1, -0.05) is 0 Å². The number of carbonyl (C=O) groups excluding carboxylic acids is 2. The molecule has 1 aromatic heterocycles. The monoisotopic (exact) mass is 398 g/mol. The first-order valence-electron chi connectivity index (χ1n) is 9.03. The molecule has 1 heterocycles. The summed E-state index contributed by atoms with van der Waals surface area (Å²) in [6, 6.07) is 8.70. The number of ether oxygens (including phenoxy) is 2. The summed E-state index contributed by atoms with van der Waals surface area (Å²) in [5.41, 5.74) is 2.57. The van der Waals surface area contributed by atoms with Crippen LogP contribution in [0.3, 0.4) is 0 Å². The Balaban J connectivity index is 2.14. The number of Topliss-reactive ketones (excluding diaryl/α,β-unsaturated/α-hetero) is 1. The summed E-state index contributed by atoms with van der Waals surface area (Å²) < 4.78 is 25.2.